The maximum Gasteiger partial charge on any atom is 0.326 e. The SMILES string of the molecule is NCC/C=C1/NC(=O)NC1=O. The molecule has 5 heteroatoms. The summed E-state index contributed by atoms with van der Waals surface area (Å²) in [6.07, 6.45) is 2.18. The minimum absolute atomic E-state index is 0.292. The molecule has 0 aliphatic carbocycles. The van der Waals surface area contributed by atoms with Gasteiger partial charge in [0.1, 0.15) is 5.70 Å². The summed E-state index contributed by atoms with van der Waals surface area (Å²) in [4.78, 5) is 21.3. The van der Waals surface area contributed by atoms with Crippen molar-refractivity contribution in [3.05, 3.63) is 11.8 Å². The van der Waals surface area contributed by atoms with E-state index >= 15 is 0 Å². The van der Waals surface area contributed by atoms with E-state index in [-0.39, 0.29) is 5.91 Å². The molecule has 1 fully saturated rings. The van der Waals surface area contributed by atoms with Crippen molar-refractivity contribution in [3.8, 4) is 0 Å². The average molecular weight is 155 g/mol. The van der Waals surface area contributed by atoms with Gasteiger partial charge < -0.3 is 11.1 Å². The quantitative estimate of drug-likeness (QED) is 0.355. The van der Waals surface area contributed by atoms with E-state index in [1.165, 1.54) is 0 Å². The summed E-state index contributed by atoms with van der Waals surface area (Å²) < 4.78 is 0. The fourth-order valence-corrected chi connectivity index (χ4v) is 0.752. The maximum atomic E-state index is 10.8. The lowest BCUT2D eigenvalue weighted by Gasteiger charge is -1.90. The second-order valence-electron chi connectivity index (χ2n) is 2.10. The molecule has 1 aliphatic rings. The molecule has 1 saturated heterocycles. The van der Waals surface area contributed by atoms with Crippen LogP contribution in [0.2, 0.25) is 0 Å². The first-order valence-corrected chi connectivity index (χ1v) is 3.26. The average Bonchev–Trinajstić information content (AvgIpc) is 2.26. The Hall–Kier alpha value is -1.36. The number of urea groups is 1. The first kappa shape index (κ1) is 7.74. The number of nitrogens with two attached hydrogens (primary N) is 1. The third kappa shape index (κ3) is 1.78. The molecular formula is C6H9N3O2. The van der Waals surface area contributed by atoms with E-state index in [2.05, 4.69) is 10.6 Å². The van der Waals surface area contributed by atoms with Crippen molar-refractivity contribution < 1.29 is 9.59 Å². The lowest BCUT2D eigenvalue weighted by atomic mass is 10.3. The fraction of sp³-hybridized carbons (Fsp3) is 0.333. The standard InChI is InChI=1S/C6H9N3O2/c7-3-1-2-4-5(10)9-6(11)8-4/h2H,1,3,7H2,(H2,8,9,10,11)/b4-2+. The van der Waals surface area contributed by atoms with Crippen molar-refractivity contribution in [1.82, 2.24) is 10.6 Å². The molecule has 0 aromatic heterocycles. The summed E-state index contributed by atoms with van der Waals surface area (Å²) in [6, 6.07) is -0.474. The van der Waals surface area contributed by atoms with Gasteiger partial charge in [-0.25, -0.2) is 4.79 Å². The van der Waals surface area contributed by atoms with Gasteiger partial charge >= 0.3 is 6.03 Å². The van der Waals surface area contributed by atoms with Crippen LogP contribution in [0.15, 0.2) is 11.8 Å². The van der Waals surface area contributed by atoms with Crippen LogP contribution in [0.3, 0.4) is 0 Å². The Labute approximate surface area is 63.6 Å². The molecule has 0 bridgehead atoms. The van der Waals surface area contributed by atoms with Gasteiger partial charge in [0.25, 0.3) is 5.91 Å². The molecule has 0 saturated carbocycles. The Morgan fingerprint density at radius 1 is 1.36 bits per heavy atom. The molecule has 3 amide bonds. The van der Waals surface area contributed by atoms with Crippen molar-refractivity contribution in [1.29, 1.82) is 0 Å². The second-order valence-corrected chi connectivity index (χ2v) is 2.10. The molecule has 0 radical (unpaired) electrons. The van der Waals surface area contributed by atoms with Gasteiger partial charge in [0.2, 0.25) is 0 Å². The topological polar surface area (TPSA) is 84.2 Å². The number of hydrogen-bond donors (Lipinski definition) is 3. The molecule has 0 aromatic carbocycles. The van der Waals surface area contributed by atoms with Crippen molar-refractivity contribution in [3.63, 3.8) is 0 Å². The summed E-state index contributed by atoms with van der Waals surface area (Å²) in [5.41, 5.74) is 5.49. The molecule has 0 spiro atoms. The van der Waals surface area contributed by atoms with E-state index in [4.69, 9.17) is 5.73 Å². The van der Waals surface area contributed by atoms with Gasteiger partial charge in [0.05, 0.1) is 0 Å². The first-order valence-electron chi connectivity index (χ1n) is 3.26. The Kier molecular flexibility index (Phi) is 2.22. The van der Waals surface area contributed by atoms with E-state index in [9.17, 15) is 9.59 Å². The zero-order valence-electron chi connectivity index (χ0n) is 5.89. The van der Waals surface area contributed by atoms with E-state index in [0.29, 0.717) is 18.7 Å². The van der Waals surface area contributed by atoms with Gasteiger partial charge in [0, 0.05) is 0 Å². The van der Waals surface area contributed by atoms with Crippen molar-refractivity contribution in [2.75, 3.05) is 6.54 Å². The highest BCUT2D eigenvalue weighted by Crippen LogP contribution is 1.97. The van der Waals surface area contributed by atoms with Crippen LogP contribution < -0.4 is 16.4 Å². The number of imide groups is 1. The van der Waals surface area contributed by atoms with Crippen LogP contribution >= 0.6 is 0 Å². The van der Waals surface area contributed by atoms with Gasteiger partial charge in [-0.1, -0.05) is 6.08 Å². The van der Waals surface area contributed by atoms with Gasteiger partial charge in [-0.15, -0.1) is 0 Å². The highest BCUT2D eigenvalue weighted by molar-refractivity contribution is 6.11. The molecule has 1 aliphatic heterocycles. The largest absolute Gasteiger partial charge is 0.330 e. The summed E-state index contributed by atoms with van der Waals surface area (Å²) >= 11 is 0. The van der Waals surface area contributed by atoms with E-state index < -0.39 is 6.03 Å². The summed E-state index contributed by atoms with van der Waals surface area (Å²) in [5.74, 6) is -0.386. The Bertz CT molecular complexity index is 222. The van der Waals surface area contributed by atoms with Crippen LogP contribution in [0.4, 0.5) is 4.79 Å². The molecule has 5 nitrogen and oxygen atoms in total. The van der Waals surface area contributed by atoms with Crippen molar-refractivity contribution in [2.45, 2.75) is 6.42 Å². The van der Waals surface area contributed by atoms with Crippen LogP contribution in [-0.4, -0.2) is 18.5 Å². The molecule has 11 heavy (non-hydrogen) atoms. The maximum absolute atomic E-state index is 10.8. The molecule has 4 N–H and O–H groups in total. The number of carbonyl (C=O) groups excluding carboxylic acids is 2. The van der Waals surface area contributed by atoms with Gasteiger partial charge in [-0.05, 0) is 13.0 Å². The van der Waals surface area contributed by atoms with Crippen molar-refractivity contribution >= 4 is 11.9 Å². The van der Waals surface area contributed by atoms with Crippen LogP contribution in [0.25, 0.3) is 0 Å². The number of hydrogen-bond acceptors (Lipinski definition) is 3. The molecular weight excluding hydrogens is 146 g/mol. The Balaban J connectivity index is 2.59. The third-order valence-corrected chi connectivity index (χ3v) is 1.24. The van der Waals surface area contributed by atoms with Crippen molar-refractivity contribution in [2.24, 2.45) is 5.73 Å². The Morgan fingerprint density at radius 3 is 2.55 bits per heavy atom. The zero-order valence-corrected chi connectivity index (χ0v) is 5.89. The second kappa shape index (κ2) is 3.16. The van der Waals surface area contributed by atoms with Gasteiger partial charge in [0.15, 0.2) is 0 Å². The van der Waals surface area contributed by atoms with Crippen LogP contribution in [-0.2, 0) is 4.79 Å². The number of carbonyl (C=O) groups is 2. The van der Waals surface area contributed by atoms with E-state index in [1.807, 2.05) is 0 Å². The predicted molar refractivity (Wildman–Crippen MR) is 38.4 cm³/mol. The lowest BCUT2D eigenvalue weighted by molar-refractivity contribution is -0.115. The third-order valence-electron chi connectivity index (χ3n) is 1.24. The molecule has 60 valence electrons. The van der Waals surface area contributed by atoms with Gasteiger partial charge in [-0.3, -0.25) is 10.1 Å². The summed E-state index contributed by atoms with van der Waals surface area (Å²) in [5, 5.41) is 4.42. The summed E-state index contributed by atoms with van der Waals surface area (Å²) in [6.45, 7) is 0.465. The smallest absolute Gasteiger partial charge is 0.326 e. The minimum atomic E-state index is -0.474. The highest BCUT2D eigenvalue weighted by Gasteiger charge is 2.21. The highest BCUT2D eigenvalue weighted by atomic mass is 16.2. The number of nitrogens with one attached hydrogen (secondary N) is 2. The van der Waals surface area contributed by atoms with E-state index in [1.54, 1.807) is 6.08 Å². The molecule has 0 unspecified atom stereocenters. The lowest BCUT2D eigenvalue weighted by Crippen LogP contribution is -2.22. The van der Waals surface area contributed by atoms with E-state index in [0.717, 1.165) is 0 Å². The minimum Gasteiger partial charge on any atom is -0.330 e. The fourth-order valence-electron chi connectivity index (χ4n) is 0.752. The number of rotatable bonds is 2. The Morgan fingerprint density at radius 2 is 2.09 bits per heavy atom. The van der Waals surface area contributed by atoms with Gasteiger partial charge in [-0.2, -0.15) is 0 Å². The predicted octanol–water partition coefficient (Wildman–Crippen LogP) is -0.942. The van der Waals surface area contributed by atoms with Crippen LogP contribution in [0.5, 0.6) is 0 Å². The van der Waals surface area contributed by atoms with Crippen LogP contribution in [0.1, 0.15) is 6.42 Å². The monoisotopic (exact) mass is 155 g/mol. The summed E-state index contributed by atoms with van der Waals surface area (Å²) in [7, 11) is 0. The normalized spacial score (nSPS) is 20.3. The molecule has 1 rings (SSSR count). The number of amides is 3. The first-order chi connectivity index (χ1) is 5.24. The zero-order chi connectivity index (χ0) is 8.27. The molecule has 1 heterocycles. The molecule has 0 aromatic rings. The molecule has 0 atom stereocenters. The van der Waals surface area contributed by atoms with Crippen LogP contribution in [0, 0.1) is 0 Å².